The minimum Gasteiger partial charge on any atom is -0.396 e. The van der Waals surface area contributed by atoms with Crippen LogP contribution in [0.4, 0.5) is 30.7 Å². The van der Waals surface area contributed by atoms with Gasteiger partial charge in [0, 0.05) is 24.5 Å². The third kappa shape index (κ3) is 5.55. The first-order valence-electron chi connectivity index (χ1n) is 13.9. The number of hydrogen-bond donors (Lipinski definition) is 1. The van der Waals surface area contributed by atoms with E-state index in [1.165, 1.54) is 11.6 Å². The number of ketones is 1. The van der Waals surface area contributed by atoms with Gasteiger partial charge in [-0.05, 0) is 85.0 Å². The van der Waals surface area contributed by atoms with E-state index in [-0.39, 0.29) is 37.1 Å². The molecule has 0 aliphatic heterocycles. The van der Waals surface area contributed by atoms with E-state index in [9.17, 15) is 40.6 Å². The van der Waals surface area contributed by atoms with Gasteiger partial charge >= 0.3 is 18.0 Å². The highest BCUT2D eigenvalue weighted by atomic mass is 19.4. The lowest BCUT2D eigenvalue weighted by molar-refractivity contribution is -0.348. The summed E-state index contributed by atoms with van der Waals surface area (Å²) in [4.78, 5) is 12.7. The van der Waals surface area contributed by atoms with Gasteiger partial charge in [-0.15, -0.1) is 0 Å². The van der Waals surface area contributed by atoms with Gasteiger partial charge in [-0.1, -0.05) is 55.8 Å². The van der Waals surface area contributed by atoms with Crippen molar-refractivity contribution in [2.24, 2.45) is 11.8 Å². The number of halogens is 7. The van der Waals surface area contributed by atoms with Crippen molar-refractivity contribution >= 4 is 5.78 Å². The Morgan fingerprint density at radius 3 is 2.20 bits per heavy atom. The molecule has 2 aromatic carbocycles. The number of rotatable bonds is 8. The van der Waals surface area contributed by atoms with E-state index in [0.717, 1.165) is 18.1 Å². The molecular weight excluding hydrogens is 537 g/mol. The molecule has 2 aliphatic carbocycles. The summed E-state index contributed by atoms with van der Waals surface area (Å²) in [5, 5.41) is 9.29. The van der Waals surface area contributed by atoms with Crippen molar-refractivity contribution in [3.63, 3.8) is 0 Å². The lowest BCUT2D eigenvalue weighted by Gasteiger charge is -2.46. The van der Waals surface area contributed by atoms with Crippen LogP contribution in [-0.2, 0) is 35.1 Å². The molecule has 9 heteroatoms. The molecule has 1 fully saturated rings. The first-order valence-corrected chi connectivity index (χ1v) is 13.9. The van der Waals surface area contributed by atoms with E-state index in [2.05, 4.69) is 6.92 Å². The number of Topliss-reactive ketones (excluding diaryl/α,β-unsaturated/α-hetero) is 1. The normalized spacial score (nSPS) is 23.7. The van der Waals surface area contributed by atoms with Crippen LogP contribution in [0.3, 0.4) is 0 Å². The molecule has 0 saturated heterocycles. The SMILES string of the molecule is CCc1ccc(CCC23CCCC(C(=O)CCO)CC2CCc2cc(C(F)(C(F)(F)F)C(F)(F)F)ccc23)cc1. The summed E-state index contributed by atoms with van der Waals surface area (Å²) >= 11 is 0. The molecule has 0 aromatic heterocycles. The maximum absolute atomic E-state index is 14.9. The first-order chi connectivity index (χ1) is 18.8. The molecule has 0 amide bonds. The van der Waals surface area contributed by atoms with Crippen LogP contribution in [0.5, 0.6) is 0 Å². The fourth-order valence-electron chi connectivity index (χ4n) is 7.00. The predicted octanol–water partition coefficient (Wildman–Crippen LogP) is 8.11. The van der Waals surface area contributed by atoms with E-state index < -0.39 is 29.0 Å². The van der Waals surface area contributed by atoms with Crippen molar-refractivity contribution < 1.29 is 40.6 Å². The molecule has 1 N–H and O–H groups in total. The van der Waals surface area contributed by atoms with Crippen molar-refractivity contribution in [3.8, 4) is 0 Å². The third-order valence-electron chi connectivity index (χ3n) is 9.21. The van der Waals surface area contributed by atoms with E-state index in [1.54, 1.807) is 0 Å². The number of aryl methyl sites for hydroxylation is 3. The first kappa shape index (κ1) is 30.5. The van der Waals surface area contributed by atoms with Gasteiger partial charge in [0.1, 0.15) is 5.78 Å². The molecule has 0 heterocycles. The number of benzene rings is 2. The molecule has 2 aromatic rings. The Balaban J connectivity index is 1.77. The molecule has 3 unspecified atom stereocenters. The van der Waals surface area contributed by atoms with E-state index >= 15 is 0 Å². The van der Waals surface area contributed by atoms with Crippen molar-refractivity contribution in [2.45, 2.75) is 94.6 Å². The van der Waals surface area contributed by atoms with E-state index in [4.69, 9.17) is 0 Å². The minimum atomic E-state index is -6.17. The number of carbonyl (C=O) groups excluding carboxylic acids is 1. The van der Waals surface area contributed by atoms with Crippen LogP contribution in [0.25, 0.3) is 0 Å². The van der Waals surface area contributed by atoms with Crippen molar-refractivity contribution in [2.75, 3.05) is 6.61 Å². The molecule has 0 radical (unpaired) electrons. The molecule has 220 valence electrons. The predicted molar refractivity (Wildman–Crippen MR) is 138 cm³/mol. The van der Waals surface area contributed by atoms with Gasteiger partial charge in [0.2, 0.25) is 0 Å². The van der Waals surface area contributed by atoms with Crippen LogP contribution >= 0.6 is 0 Å². The van der Waals surface area contributed by atoms with Crippen molar-refractivity contribution in [3.05, 3.63) is 70.3 Å². The standard InChI is InChI=1S/C31H35F7O2/c1-2-20-5-7-21(8-6-20)13-16-28-15-3-4-23(27(40)14-17-39)19-24(28)10-9-22-18-25(11-12-26(22)28)29(32,30(33,34)35)31(36,37)38/h5-8,11-12,18,23-24,39H,2-4,9-10,13-17,19H2,1H3. The Bertz CT molecular complexity index is 1170. The Kier molecular flexibility index (Phi) is 8.75. The fraction of sp³-hybridized carbons (Fsp3) is 0.581. The molecule has 2 aliphatic rings. The van der Waals surface area contributed by atoms with Crippen LogP contribution in [0.15, 0.2) is 42.5 Å². The molecular formula is C31H35F7O2. The molecule has 40 heavy (non-hydrogen) atoms. The zero-order chi connectivity index (χ0) is 29.3. The maximum atomic E-state index is 14.9. The fourth-order valence-corrected chi connectivity index (χ4v) is 7.00. The lowest BCUT2D eigenvalue weighted by atomic mass is 9.58. The average molecular weight is 573 g/mol. The Labute approximate surface area is 230 Å². The molecule has 4 rings (SSSR count). The molecule has 0 spiro atoms. The van der Waals surface area contributed by atoms with Gasteiger partial charge in [-0.2, -0.15) is 26.3 Å². The maximum Gasteiger partial charge on any atom is 0.435 e. The summed E-state index contributed by atoms with van der Waals surface area (Å²) in [7, 11) is 0. The van der Waals surface area contributed by atoms with E-state index in [0.29, 0.717) is 62.1 Å². The number of alkyl halides is 7. The smallest absolute Gasteiger partial charge is 0.396 e. The molecule has 1 saturated carbocycles. The van der Waals surface area contributed by atoms with Gasteiger partial charge in [-0.25, -0.2) is 4.39 Å². The van der Waals surface area contributed by atoms with Crippen LogP contribution in [0.1, 0.15) is 79.7 Å². The van der Waals surface area contributed by atoms with Crippen molar-refractivity contribution in [1.82, 2.24) is 0 Å². The second kappa shape index (κ2) is 11.5. The largest absolute Gasteiger partial charge is 0.435 e. The van der Waals surface area contributed by atoms with Crippen LogP contribution in [0, 0.1) is 11.8 Å². The summed E-state index contributed by atoms with van der Waals surface area (Å²) in [6.07, 6.45) is -7.00. The second-order valence-corrected chi connectivity index (χ2v) is 11.4. The topological polar surface area (TPSA) is 37.3 Å². The highest BCUT2D eigenvalue weighted by Crippen LogP contribution is 2.56. The zero-order valence-corrected chi connectivity index (χ0v) is 22.5. The molecule has 0 bridgehead atoms. The van der Waals surface area contributed by atoms with Crippen LogP contribution < -0.4 is 0 Å². The van der Waals surface area contributed by atoms with Crippen molar-refractivity contribution in [1.29, 1.82) is 0 Å². The van der Waals surface area contributed by atoms with Gasteiger partial charge < -0.3 is 5.11 Å². The minimum absolute atomic E-state index is 0.0173. The second-order valence-electron chi connectivity index (χ2n) is 11.4. The summed E-state index contributed by atoms with van der Waals surface area (Å²) < 4.78 is 96.0. The number of carbonyl (C=O) groups is 1. The zero-order valence-electron chi connectivity index (χ0n) is 22.5. The Morgan fingerprint density at radius 2 is 1.60 bits per heavy atom. The average Bonchev–Trinajstić information content (AvgIpc) is 3.10. The summed E-state index contributed by atoms with van der Waals surface area (Å²) in [5.74, 6) is -0.291. The van der Waals surface area contributed by atoms with Gasteiger partial charge in [0.05, 0.1) is 0 Å². The number of hydrogen-bond acceptors (Lipinski definition) is 2. The Morgan fingerprint density at radius 1 is 0.950 bits per heavy atom. The van der Waals surface area contributed by atoms with Gasteiger partial charge in [0.25, 0.3) is 0 Å². The summed E-state index contributed by atoms with van der Waals surface area (Å²) in [5.41, 5.74) is -4.25. The van der Waals surface area contributed by atoms with Gasteiger partial charge in [-0.3, -0.25) is 4.79 Å². The van der Waals surface area contributed by atoms with E-state index in [1.807, 2.05) is 24.3 Å². The monoisotopic (exact) mass is 572 g/mol. The Hall–Kier alpha value is -2.42. The lowest BCUT2D eigenvalue weighted by Crippen LogP contribution is -2.50. The number of fused-ring (bicyclic) bond motifs is 3. The van der Waals surface area contributed by atoms with Crippen LogP contribution in [0.2, 0.25) is 0 Å². The van der Waals surface area contributed by atoms with Gasteiger partial charge in [0.15, 0.2) is 0 Å². The molecule has 2 nitrogen and oxygen atoms in total. The highest BCUT2D eigenvalue weighted by molar-refractivity contribution is 5.81. The van der Waals surface area contributed by atoms with Crippen LogP contribution in [-0.4, -0.2) is 29.8 Å². The number of aliphatic hydroxyl groups excluding tert-OH is 1. The third-order valence-corrected chi connectivity index (χ3v) is 9.21. The summed E-state index contributed by atoms with van der Waals surface area (Å²) in [6, 6.07) is 10.8. The quantitative estimate of drug-likeness (QED) is 0.325. The molecule has 3 atom stereocenters. The summed E-state index contributed by atoms with van der Waals surface area (Å²) in [6.45, 7) is 1.81. The number of aliphatic hydroxyl groups is 1. The highest BCUT2D eigenvalue weighted by Gasteiger charge is 2.73.